The molecule has 146 valence electrons. The average Bonchev–Trinajstić information content (AvgIpc) is 3.24. The summed E-state index contributed by atoms with van der Waals surface area (Å²) in [6.07, 6.45) is 5.97. The largest absolute Gasteiger partial charge is 0.454 e. The van der Waals surface area contributed by atoms with E-state index in [1.54, 1.807) is 23.4 Å². The van der Waals surface area contributed by atoms with E-state index in [-0.39, 0.29) is 11.8 Å². The summed E-state index contributed by atoms with van der Waals surface area (Å²) in [7, 11) is 0. The number of carbonyl (C=O) groups is 1. The van der Waals surface area contributed by atoms with Crippen LogP contribution >= 0.6 is 0 Å². The van der Waals surface area contributed by atoms with E-state index in [9.17, 15) is 10.1 Å². The number of ether oxygens (including phenoxy) is 1. The fraction of sp³-hybridized carbons (Fsp3) is 0.261. The third kappa shape index (κ3) is 3.99. The van der Waals surface area contributed by atoms with Gasteiger partial charge in [-0.05, 0) is 42.7 Å². The van der Waals surface area contributed by atoms with Gasteiger partial charge in [-0.2, -0.15) is 5.26 Å². The van der Waals surface area contributed by atoms with Crippen LogP contribution in [0.25, 0.3) is 0 Å². The molecule has 2 aromatic carbocycles. The topological polar surface area (TPSA) is 82.0 Å². The van der Waals surface area contributed by atoms with Gasteiger partial charge in [-0.3, -0.25) is 4.79 Å². The minimum atomic E-state index is 0.00287. The zero-order chi connectivity index (χ0) is 20.2. The van der Waals surface area contributed by atoms with Crippen molar-refractivity contribution in [3.05, 3.63) is 71.8 Å². The lowest BCUT2D eigenvalue weighted by molar-refractivity contribution is -0.123. The molecule has 1 fully saturated rings. The van der Waals surface area contributed by atoms with Crippen molar-refractivity contribution < 1.29 is 9.53 Å². The summed E-state index contributed by atoms with van der Waals surface area (Å²) < 4.78 is 6.18. The van der Waals surface area contributed by atoms with Crippen molar-refractivity contribution in [2.45, 2.75) is 26.2 Å². The molecular formula is C23H22N4O2. The zero-order valence-electron chi connectivity index (χ0n) is 16.3. The van der Waals surface area contributed by atoms with Crippen LogP contribution in [0.1, 0.15) is 36.7 Å². The second kappa shape index (κ2) is 8.19. The Kier molecular flexibility index (Phi) is 5.30. The number of nitrogens with one attached hydrogen (secondary N) is 1. The summed E-state index contributed by atoms with van der Waals surface area (Å²) in [6, 6.07) is 15.2. The molecule has 6 nitrogen and oxygen atoms in total. The number of H-pyrrole nitrogens is 1. The summed E-state index contributed by atoms with van der Waals surface area (Å²) in [6.45, 7) is 2.64. The summed E-state index contributed by atoms with van der Waals surface area (Å²) in [5.41, 5.74) is 2.17. The molecule has 1 aliphatic rings. The van der Waals surface area contributed by atoms with Gasteiger partial charge in [-0.1, -0.05) is 25.1 Å². The number of piperidine rings is 1. The van der Waals surface area contributed by atoms with Crippen LogP contribution in [0.5, 0.6) is 11.5 Å². The summed E-state index contributed by atoms with van der Waals surface area (Å²) in [5, 5.41) is 9.53. The number of nitriles is 1. The number of aromatic nitrogens is 2. The van der Waals surface area contributed by atoms with E-state index in [0.717, 1.165) is 29.9 Å². The number of para-hydroxylation sites is 2. The lowest BCUT2D eigenvalue weighted by Crippen LogP contribution is -2.40. The Balaban J connectivity index is 1.66. The van der Waals surface area contributed by atoms with Crippen molar-refractivity contribution in [3.63, 3.8) is 0 Å². The number of nitrogens with zero attached hydrogens (tertiary/aromatic N) is 3. The van der Waals surface area contributed by atoms with E-state index in [0.29, 0.717) is 30.0 Å². The van der Waals surface area contributed by atoms with Crippen molar-refractivity contribution in [2.24, 2.45) is 5.92 Å². The Morgan fingerprint density at radius 2 is 2.14 bits per heavy atom. The first-order chi connectivity index (χ1) is 14.2. The van der Waals surface area contributed by atoms with Gasteiger partial charge in [0.25, 0.3) is 0 Å². The molecule has 2 heterocycles. The van der Waals surface area contributed by atoms with Gasteiger partial charge in [0, 0.05) is 31.3 Å². The SMILES string of the molecule is CC1CCCN(c2ccccc2Oc2cc(Cc3ncc[nH]3)ccc2C#N)C1=O. The summed E-state index contributed by atoms with van der Waals surface area (Å²) in [4.78, 5) is 21.8. The zero-order valence-corrected chi connectivity index (χ0v) is 16.3. The number of aromatic amines is 1. The predicted octanol–water partition coefficient (Wildman–Crippen LogP) is 4.43. The fourth-order valence-electron chi connectivity index (χ4n) is 3.62. The van der Waals surface area contributed by atoms with Crippen molar-refractivity contribution in [2.75, 3.05) is 11.4 Å². The third-order valence-corrected chi connectivity index (χ3v) is 5.18. The first-order valence-corrected chi connectivity index (χ1v) is 9.75. The maximum atomic E-state index is 12.7. The standard InChI is InChI=1S/C23H22N4O2/c1-16-5-4-12-27(23(16)28)19-6-2-3-7-20(19)29-21-13-17(8-9-18(21)15-24)14-22-25-10-11-26-22/h2-3,6-11,13,16H,4-5,12,14H2,1H3,(H,25,26). The van der Waals surface area contributed by atoms with E-state index in [1.807, 2.05) is 43.3 Å². The third-order valence-electron chi connectivity index (χ3n) is 5.18. The molecule has 1 saturated heterocycles. The van der Waals surface area contributed by atoms with Gasteiger partial charge in [0.2, 0.25) is 5.91 Å². The highest BCUT2D eigenvalue weighted by Gasteiger charge is 2.28. The second-order valence-corrected chi connectivity index (χ2v) is 7.26. The molecule has 0 bridgehead atoms. The molecule has 29 heavy (non-hydrogen) atoms. The molecule has 3 aromatic rings. The second-order valence-electron chi connectivity index (χ2n) is 7.26. The van der Waals surface area contributed by atoms with Crippen molar-refractivity contribution in [1.29, 1.82) is 5.26 Å². The Morgan fingerprint density at radius 3 is 2.93 bits per heavy atom. The molecule has 0 aliphatic carbocycles. The Morgan fingerprint density at radius 1 is 1.28 bits per heavy atom. The first-order valence-electron chi connectivity index (χ1n) is 9.75. The van der Waals surface area contributed by atoms with Gasteiger partial charge >= 0.3 is 0 Å². The number of hydrogen-bond acceptors (Lipinski definition) is 4. The number of imidazole rings is 1. The average molecular weight is 386 g/mol. The number of amides is 1. The number of anilines is 1. The summed E-state index contributed by atoms with van der Waals surface area (Å²) in [5.74, 6) is 2.00. The van der Waals surface area contributed by atoms with Crippen molar-refractivity contribution in [1.82, 2.24) is 9.97 Å². The highest BCUT2D eigenvalue weighted by molar-refractivity contribution is 5.97. The highest BCUT2D eigenvalue weighted by atomic mass is 16.5. The van der Waals surface area contributed by atoms with Gasteiger partial charge in [0.05, 0.1) is 11.3 Å². The Hall–Kier alpha value is -3.59. The Bertz CT molecular complexity index is 1050. The van der Waals surface area contributed by atoms with Crippen LogP contribution in [0.2, 0.25) is 0 Å². The maximum absolute atomic E-state index is 12.7. The molecule has 1 aliphatic heterocycles. The van der Waals surface area contributed by atoms with E-state index >= 15 is 0 Å². The number of carbonyl (C=O) groups excluding carboxylic acids is 1. The summed E-state index contributed by atoms with van der Waals surface area (Å²) >= 11 is 0. The van der Waals surface area contributed by atoms with Crippen LogP contribution in [0.3, 0.4) is 0 Å². The normalized spacial score (nSPS) is 16.5. The van der Waals surface area contributed by atoms with Crippen molar-refractivity contribution in [3.8, 4) is 17.6 Å². The molecule has 0 spiro atoms. The van der Waals surface area contributed by atoms with Crippen molar-refractivity contribution >= 4 is 11.6 Å². The molecule has 1 N–H and O–H groups in total. The minimum absolute atomic E-state index is 0.00287. The molecule has 1 aromatic heterocycles. The fourth-order valence-corrected chi connectivity index (χ4v) is 3.62. The van der Waals surface area contributed by atoms with Gasteiger partial charge in [-0.15, -0.1) is 0 Å². The molecule has 4 rings (SSSR count). The molecule has 0 radical (unpaired) electrons. The quantitative estimate of drug-likeness (QED) is 0.703. The van der Waals surface area contributed by atoms with Crippen LogP contribution in [0.15, 0.2) is 54.9 Å². The van der Waals surface area contributed by atoms with Crippen LogP contribution in [0, 0.1) is 17.2 Å². The first kappa shape index (κ1) is 18.8. The molecule has 0 saturated carbocycles. The van der Waals surface area contributed by atoms with E-state index in [2.05, 4.69) is 16.0 Å². The van der Waals surface area contributed by atoms with Crippen LogP contribution in [0.4, 0.5) is 5.69 Å². The monoisotopic (exact) mass is 386 g/mol. The lowest BCUT2D eigenvalue weighted by Gasteiger charge is -2.31. The van der Waals surface area contributed by atoms with Crippen LogP contribution in [-0.4, -0.2) is 22.4 Å². The lowest BCUT2D eigenvalue weighted by atomic mass is 9.98. The van der Waals surface area contributed by atoms with E-state index in [1.165, 1.54) is 0 Å². The maximum Gasteiger partial charge on any atom is 0.229 e. The minimum Gasteiger partial charge on any atom is -0.454 e. The van der Waals surface area contributed by atoms with E-state index < -0.39 is 0 Å². The van der Waals surface area contributed by atoms with Gasteiger partial charge in [0.15, 0.2) is 5.75 Å². The highest BCUT2D eigenvalue weighted by Crippen LogP contribution is 2.36. The van der Waals surface area contributed by atoms with Crippen LogP contribution in [-0.2, 0) is 11.2 Å². The molecule has 1 amide bonds. The smallest absolute Gasteiger partial charge is 0.229 e. The predicted molar refractivity (Wildman–Crippen MR) is 110 cm³/mol. The van der Waals surface area contributed by atoms with Crippen LogP contribution < -0.4 is 9.64 Å². The van der Waals surface area contributed by atoms with E-state index in [4.69, 9.17) is 4.74 Å². The van der Waals surface area contributed by atoms with Gasteiger partial charge in [-0.25, -0.2) is 4.98 Å². The molecular weight excluding hydrogens is 364 g/mol. The Labute approximate surface area is 169 Å². The number of hydrogen-bond donors (Lipinski definition) is 1. The van der Waals surface area contributed by atoms with Gasteiger partial charge < -0.3 is 14.6 Å². The molecule has 1 atom stereocenters. The molecule has 6 heteroatoms. The number of rotatable bonds is 5. The number of benzene rings is 2. The molecule has 1 unspecified atom stereocenters. The van der Waals surface area contributed by atoms with Gasteiger partial charge in [0.1, 0.15) is 17.6 Å².